The van der Waals surface area contributed by atoms with E-state index in [4.69, 9.17) is 11.6 Å². The molecule has 0 saturated carbocycles. The molecule has 0 N–H and O–H groups in total. The number of allylic oxidation sites excluding steroid dienone is 1. The molecule has 1 atom stereocenters. The highest BCUT2D eigenvalue weighted by Crippen LogP contribution is 2.32. The first-order chi connectivity index (χ1) is 8.02. The molecular formula is C13H13ClFNO. The van der Waals surface area contributed by atoms with E-state index in [0.29, 0.717) is 22.7 Å². The molecule has 0 aliphatic carbocycles. The Balaban J connectivity index is 2.51. The molecule has 1 aromatic carbocycles. The van der Waals surface area contributed by atoms with Crippen molar-refractivity contribution < 1.29 is 9.18 Å². The van der Waals surface area contributed by atoms with Crippen LogP contribution in [0.5, 0.6) is 0 Å². The first-order valence-electron chi connectivity index (χ1n) is 5.44. The molecule has 1 unspecified atom stereocenters. The molecular weight excluding hydrogens is 241 g/mol. The third-order valence-corrected chi connectivity index (χ3v) is 3.31. The molecule has 2 rings (SSSR count). The Morgan fingerprint density at radius 3 is 2.82 bits per heavy atom. The zero-order chi connectivity index (χ0) is 12.6. The van der Waals surface area contributed by atoms with Gasteiger partial charge < -0.3 is 4.90 Å². The molecule has 1 aliphatic rings. The van der Waals surface area contributed by atoms with Gasteiger partial charge in [0.25, 0.3) is 0 Å². The Bertz CT molecular complexity index is 478. The van der Waals surface area contributed by atoms with Crippen molar-refractivity contribution in [1.82, 2.24) is 4.90 Å². The van der Waals surface area contributed by atoms with Crippen LogP contribution in [0.4, 0.5) is 4.39 Å². The van der Waals surface area contributed by atoms with Crippen molar-refractivity contribution in [2.24, 2.45) is 5.92 Å². The van der Waals surface area contributed by atoms with Gasteiger partial charge in [0.15, 0.2) is 0 Å². The second kappa shape index (κ2) is 4.49. The number of benzene rings is 1. The average Bonchev–Trinajstić information content (AvgIpc) is 2.29. The van der Waals surface area contributed by atoms with Gasteiger partial charge in [0.1, 0.15) is 5.82 Å². The summed E-state index contributed by atoms with van der Waals surface area (Å²) in [6.07, 6.45) is 2.47. The Hall–Kier alpha value is -1.35. The van der Waals surface area contributed by atoms with E-state index in [-0.39, 0.29) is 11.8 Å². The van der Waals surface area contributed by atoms with Crippen LogP contribution in [0.25, 0.3) is 5.70 Å². The van der Waals surface area contributed by atoms with Gasteiger partial charge in [-0.3, -0.25) is 4.79 Å². The summed E-state index contributed by atoms with van der Waals surface area (Å²) in [6, 6.07) is 4.52. The van der Waals surface area contributed by atoms with E-state index in [9.17, 15) is 9.18 Å². The first kappa shape index (κ1) is 12.1. The molecule has 0 saturated heterocycles. The molecule has 1 aliphatic heterocycles. The molecule has 0 fully saturated rings. The number of nitrogens with zero attached hydrogens (tertiary/aromatic N) is 1. The van der Waals surface area contributed by atoms with Crippen molar-refractivity contribution in [1.29, 1.82) is 0 Å². The van der Waals surface area contributed by atoms with Crippen LogP contribution in [0.2, 0.25) is 5.02 Å². The summed E-state index contributed by atoms with van der Waals surface area (Å²) in [6.45, 7) is 1.86. The molecule has 1 heterocycles. The van der Waals surface area contributed by atoms with Crippen molar-refractivity contribution in [3.63, 3.8) is 0 Å². The summed E-state index contributed by atoms with van der Waals surface area (Å²) < 4.78 is 13.8. The van der Waals surface area contributed by atoms with Crippen LogP contribution in [0.3, 0.4) is 0 Å². The van der Waals surface area contributed by atoms with E-state index in [1.54, 1.807) is 19.2 Å². The minimum Gasteiger partial charge on any atom is -0.315 e. The summed E-state index contributed by atoms with van der Waals surface area (Å²) in [5, 5.41) is 0.324. The van der Waals surface area contributed by atoms with Gasteiger partial charge in [-0.05, 0) is 18.6 Å². The fourth-order valence-corrected chi connectivity index (χ4v) is 2.25. The summed E-state index contributed by atoms with van der Waals surface area (Å²) >= 11 is 5.99. The molecule has 4 heteroatoms. The lowest BCUT2D eigenvalue weighted by Crippen LogP contribution is -2.33. The second-order valence-corrected chi connectivity index (χ2v) is 4.63. The van der Waals surface area contributed by atoms with Crippen molar-refractivity contribution in [3.05, 3.63) is 40.7 Å². The van der Waals surface area contributed by atoms with Crippen molar-refractivity contribution >= 4 is 23.2 Å². The number of rotatable bonds is 1. The Morgan fingerprint density at radius 1 is 1.47 bits per heavy atom. The maximum atomic E-state index is 13.8. The zero-order valence-electron chi connectivity index (χ0n) is 9.71. The molecule has 17 heavy (non-hydrogen) atoms. The van der Waals surface area contributed by atoms with E-state index in [1.807, 2.05) is 13.0 Å². The number of carbonyl (C=O) groups is 1. The molecule has 2 nitrogen and oxygen atoms in total. The lowest BCUT2D eigenvalue weighted by Gasteiger charge is -2.29. The van der Waals surface area contributed by atoms with E-state index >= 15 is 0 Å². The van der Waals surface area contributed by atoms with Crippen LogP contribution in [0.15, 0.2) is 24.3 Å². The molecule has 90 valence electrons. The predicted octanol–water partition coefficient (Wildman–Crippen LogP) is 3.32. The van der Waals surface area contributed by atoms with E-state index in [1.165, 1.54) is 11.0 Å². The van der Waals surface area contributed by atoms with Gasteiger partial charge in [-0.2, -0.15) is 0 Å². The fraction of sp³-hybridized carbons (Fsp3) is 0.308. The SMILES string of the molecule is CC1CC=C(c2c(F)cccc2Cl)N(C)C1=O. The smallest absolute Gasteiger partial charge is 0.229 e. The van der Waals surface area contributed by atoms with E-state index in [0.717, 1.165) is 0 Å². The van der Waals surface area contributed by atoms with E-state index in [2.05, 4.69) is 0 Å². The summed E-state index contributed by atoms with van der Waals surface area (Å²) in [7, 11) is 1.65. The molecule has 1 aromatic rings. The van der Waals surface area contributed by atoms with Gasteiger partial charge in [0, 0.05) is 13.0 Å². The Labute approximate surface area is 105 Å². The number of carbonyl (C=O) groups excluding carboxylic acids is 1. The lowest BCUT2D eigenvalue weighted by atomic mass is 9.97. The van der Waals surface area contributed by atoms with Crippen LogP contribution >= 0.6 is 11.6 Å². The summed E-state index contributed by atoms with van der Waals surface area (Å²) in [4.78, 5) is 13.3. The molecule has 0 bridgehead atoms. The molecule has 0 radical (unpaired) electrons. The van der Waals surface area contributed by atoms with Gasteiger partial charge in [0.2, 0.25) is 5.91 Å². The maximum absolute atomic E-state index is 13.8. The largest absolute Gasteiger partial charge is 0.315 e. The van der Waals surface area contributed by atoms with Crippen LogP contribution in [-0.4, -0.2) is 17.9 Å². The number of halogens is 2. The predicted molar refractivity (Wildman–Crippen MR) is 65.9 cm³/mol. The topological polar surface area (TPSA) is 20.3 Å². The van der Waals surface area contributed by atoms with Crippen LogP contribution in [0.1, 0.15) is 18.9 Å². The maximum Gasteiger partial charge on any atom is 0.229 e. The average molecular weight is 254 g/mol. The quantitative estimate of drug-likeness (QED) is 0.752. The zero-order valence-corrected chi connectivity index (χ0v) is 10.5. The van der Waals surface area contributed by atoms with Gasteiger partial charge in [-0.1, -0.05) is 30.7 Å². The highest BCUT2D eigenvalue weighted by molar-refractivity contribution is 6.32. The summed E-state index contributed by atoms with van der Waals surface area (Å²) in [5.74, 6) is -0.478. The van der Waals surface area contributed by atoms with Gasteiger partial charge in [0.05, 0.1) is 16.3 Å². The van der Waals surface area contributed by atoms with Gasteiger partial charge in [-0.15, -0.1) is 0 Å². The minimum absolute atomic E-state index is 0.0122. The van der Waals surface area contributed by atoms with Crippen molar-refractivity contribution in [2.45, 2.75) is 13.3 Å². The first-order valence-corrected chi connectivity index (χ1v) is 5.82. The number of amides is 1. The molecule has 1 amide bonds. The van der Waals surface area contributed by atoms with Crippen LogP contribution < -0.4 is 0 Å². The molecule has 0 aromatic heterocycles. The number of hydrogen-bond acceptors (Lipinski definition) is 1. The fourth-order valence-electron chi connectivity index (χ4n) is 1.99. The third kappa shape index (κ3) is 2.07. The summed E-state index contributed by atoms with van der Waals surface area (Å²) in [5.41, 5.74) is 0.855. The highest BCUT2D eigenvalue weighted by atomic mass is 35.5. The normalized spacial score (nSPS) is 20.5. The second-order valence-electron chi connectivity index (χ2n) is 4.22. The number of hydrogen-bond donors (Lipinski definition) is 0. The van der Waals surface area contributed by atoms with Gasteiger partial charge >= 0.3 is 0 Å². The minimum atomic E-state index is -0.405. The van der Waals surface area contributed by atoms with E-state index < -0.39 is 5.82 Å². The Morgan fingerprint density at radius 2 is 2.18 bits per heavy atom. The van der Waals surface area contributed by atoms with Gasteiger partial charge in [-0.25, -0.2) is 4.39 Å². The monoisotopic (exact) mass is 253 g/mol. The van der Waals surface area contributed by atoms with Crippen LogP contribution in [0, 0.1) is 11.7 Å². The van der Waals surface area contributed by atoms with Crippen molar-refractivity contribution in [3.8, 4) is 0 Å². The van der Waals surface area contributed by atoms with Crippen LogP contribution in [-0.2, 0) is 4.79 Å². The highest BCUT2D eigenvalue weighted by Gasteiger charge is 2.27. The Kier molecular flexibility index (Phi) is 3.20. The van der Waals surface area contributed by atoms with Crippen molar-refractivity contribution in [2.75, 3.05) is 7.05 Å². The standard InChI is InChI=1S/C13H13ClFNO/c1-8-6-7-11(16(2)13(8)17)12-9(14)4-3-5-10(12)15/h3-5,7-8H,6H2,1-2H3. The molecule has 0 spiro atoms. The third-order valence-electron chi connectivity index (χ3n) is 3.00. The lowest BCUT2D eigenvalue weighted by molar-refractivity contribution is -0.131.